The summed E-state index contributed by atoms with van der Waals surface area (Å²) in [6, 6.07) is 11.3. The van der Waals surface area contributed by atoms with Crippen LogP contribution in [0.4, 0.5) is 5.82 Å². The Bertz CT molecular complexity index is 804. The van der Waals surface area contributed by atoms with E-state index in [1.807, 2.05) is 30.3 Å². The largest absolute Gasteiger partial charge is 0.497 e. The number of rotatable bonds is 4. The van der Waals surface area contributed by atoms with Gasteiger partial charge in [-0.05, 0) is 29.8 Å². The molecule has 2 aromatic heterocycles. The summed E-state index contributed by atoms with van der Waals surface area (Å²) in [6.45, 7) is 0. The second-order valence-corrected chi connectivity index (χ2v) is 4.75. The average molecular weight is 306 g/mol. The van der Waals surface area contributed by atoms with E-state index >= 15 is 0 Å². The van der Waals surface area contributed by atoms with Crippen molar-refractivity contribution in [1.29, 1.82) is 0 Å². The van der Waals surface area contributed by atoms with Crippen LogP contribution >= 0.6 is 0 Å². The highest BCUT2D eigenvalue weighted by Gasteiger charge is 2.07. The summed E-state index contributed by atoms with van der Waals surface area (Å²) in [6.07, 6.45) is 5.98. The molecule has 0 radical (unpaired) electrons. The van der Waals surface area contributed by atoms with Crippen molar-refractivity contribution in [3.05, 3.63) is 66.9 Å². The maximum Gasteiger partial charge on any atom is 0.259 e. The molecule has 0 saturated carbocycles. The van der Waals surface area contributed by atoms with Crippen molar-refractivity contribution in [2.45, 2.75) is 0 Å². The smallest absolute Gasteiger partial charge is 0.259 e. The molecule has 1 aromatic carbocycles. The number of nitrogens with one attached hydrogen (secondary N) is 1. The number of benzene rings is 1. The molecule has 3 aromatic rings. The Morgan fingerprint density at radius 3 is 2.57 bits per heavy atom. The first-order chi connectivity index (χ1) is 11.3. The highest BCUT2D eigenvalue weighted by molar-refractivity contribution is 6.03. The number of hydrogen-bond acceptors (Lipinski definition) is 5. The summed E-state index contributed by atoms with van der Waals surface area (Å²) in [5.74, 6) is 0.946. The fourth-order valence-corrected chi connectivity index (χ4v) is 2.05. The molecule has 6 nitrogen and oxygen atoms in total. The van der Waals surface area contributed by atoms with Gasteiger partial charge < -0.3 is 10.1 Å². The van der Waals surface area contributed by atoms with E-state index in [0.717, 1.165) is 16.9 Å². The third-order valence-corrected chi connectivity index (χ3v) is 3.23. The zero-order chi connectivity index (χ0) is 16.1. The van der Waals surface area contributed by atoms with E-state index in [-0.39, 0.29) is 5.91 Å². The average Bonchev–Trinajstić information content (AvgIpc) is 2.63. The zero-order valence-electron chi connectivity index (χ0n) is 12.4. The van der Waals surface area contributed by atoms with E-state index in [1.165, 1.54) is 18.7 Å². The predicted octanol–water partition coefficient (Wildman–Crippen LogP) is 2.80. The van der Waals surface area contributed by atoms with Gasteiger partial charge in [-0.25, -0.2) is 15.0 Å². The van der Waals surface area contributed by atoms with Gasteiger partial charge in [-0.3, -0.25) is 4.79 Å². The summed E-state index contributed by atoms with van der Waals surface area (Å²) < 4.78 is 5.21. The second kappa shape index (κ2) is 6.65. The van der Waals surface area contributed by atoms with E-state index in [1.54, 1.807) is 19.4 Å². The van der Waals surface area contributed by atoms with Crippen LogP contribution in [0.25, 0.3) is 11.1 Å². The van der Waals surface area contributed by atoms with Gasteiger partial charge in [0, 0.05) is 24.2 Å². The first-order valence-electron chi connectivity index (χ1n) is 6.93. The van der Waals surface area contributed by atoms with Crippen LogP contribution in [0.5, 0.6) is 5.75 Å². The topological polar surface area (TPSA) is 77.0 Å². The van der Waals surface area contributed by atoms with Gasteiger partial charge in [0.25, 0.3) is 5.91 Å². The van der Waals surface area contributed by atoms with Crippen molar-refractivity contribution in [3.63, 3.8) is 0 Å². The van der Waals surface area contributed by atoms with Crippen molar-refractivity contribution >= 4 is 11.7 Å². The number of anilines is 1. The molecule has 0 saturated heterocycles. The van der Waals surface area contributed by atoms with Crippen LogP contribution in [0.2, 0.25) is 0 Å². The number of carbonyl (C=O) groups is 1. The summed E-state index contributed by atoms with van der Waals surface area (Å²) >= 11 is 0. The Balaban J connectivity index is 1.75. The molecule has 1 amide bonds. The lowest BCUT2D eigenvalue weighted by Gasteiger charge is -2.07. The first-order valence-corrected chi connectivity index (χ1v) is 6.93. The van der Waals surface area contributed by atoms with Gasteiger partial charge in [0.05, 0.1) is 12.7 Å². The molecular weight excluding hydrogens is 292 g/mol. The highest BCUT2D eigenvalue weighted by Crippen LogP contribution is 2.23. The third kappa shape index (κ3) is 3.49. The summed E-state index contributed by atoms with van der Waals surface area (Å²) in [5.41, 5.74) is 2.31. The van der Waals surface area contributed by atoms with Gasteiger partial charge in [-0.1, -0.05) is 12.1 Å². The molecule has 0 spiro atoms. The molecule has 0 bridgehead atoms. The molecule has 3 rings (SSSR count). The Morgan fingerprint density at radius 1 is 1.04 bits per heavy atom. The van der Waals surface area contributed by atoms with Crippen molar-refractivity contribution < 1.29 is 9.53 Å². The number of hydrogen-bond donors (Lipinski definition) is 1. The molecule has 0 aliphatic carbocycles. The van der Waals surface area contributed by atoms with Gasteiger partial charge in [-0.2, -0.15) is 0 Å². The van der Waals surface area contributed by atoms with Gasteiger partial charge in [-0.15, -0.1) is 0 Å². The van der Waals surface area contributed by atoms with Crippen molar-refractivity contribution in [2.75, 3.05) is 12.4 Å². The molecule has 6 heteroatoms. The lowest BCUT2D eigenvalue weighted by Crippen LogP contribution is -2.13. The summed E-state index contributed by atoms with van der Waals surface area (Å²) in [5, 5.41) is 2.70. The minimum atomic E-state index is -0.299. The Hall–Kier alpha value is -3.28. The number of methoxy groups -OCH3 is 1. The van der Waals surface area contributed by atoms with E-state index < -0.39 is 0 Å². The van der Waals surface area contributed by atoms with Crippen LogP contribution in [-0.4, -0.2) is 28.0 Å². The normalized spacial score (nSPS) is 10.1. The van der Waals surface area contributed by atoms with Crippen molar-refractivity contribution in [3.8, 4) is 16.9 Å². The number of nitrogens with zero attached hydrogens (tertiary/aromatic N) is 3. The summed E-state index contributed by atoms with van der Waals surface area (Å²) in [7, 11) is 1.63. The van der Waals surface area contributed by atoms with Gasteiger partial charge in [0.15, 0.2) is 0 Å². The van der Waals surface area contributed by atoms with Crippen molar-refractivity contribution in [1.82, 2.24) is 15.0 Å². The lowest BCUT2D eigenvalue weighted by molar-refractivity contribution is 0.102. The Labute approximate surface area is 133 Å². The number of aromatic nitrogens is 3. The van der Waals surface area contributed by atoms with Gasteiger partial charge in [0.1, 0.15) is 17.9 Å². The van der Waals surface area contributed by atoms with E-state index in [4.69, 9.17) is 4.74 Å². The van der Waals surface area contributed by atoms with E-state index in [2.05, 4.69) is 20.3 Å². The minimum Gasteiger partial charge on any atom is -0.497 e. The molecule has 2 heterocycles. The lowest BCUT2D eigenvalue weighted by atomic mass is 10.1. The van der Waals surface area contributed by atoms with E-state index in [9.17, 15) is 4.79 Å². The van der Waals surface area contributed by atoms with Crippen LogP contribution in [0.3, 0.4) is 0 Å². The molecule has 23 heavy (non-hydrogen) atoms. The quantitative estimate of drug-likeness (QED) is 0.802. The molecule has 0 atom stereocenters. The van der Waals surface area contributed by atoms with Crippen molar-refractivity contribution in [2.24, 2.45) is 0 Å². The van der Waals surface area contributed by atoms with Crippen LogP contribution in [0, 0.1) is 0 Å². The Morgan fingerprint density at radius 2 is 1.87 bits per heavy atom. The molecular formula is C17H14N4O2. The highest BCUT2D eigenvalue weighted by atomic mass is 16.5. The SMILES string of the molecule is COc1cccc(-c2ccc(NC(=O)c3cncnc3)nc2)c1. The number of carbonyl (C=O) groups excluding carboxylic acids is 1. The minimum absolute atomic E-state index is 0.299. The Kier molecular flexibility index (Phi) is 4.24. The van der Waals surface area contributed by atoms with Crippen LogP contribution in [-0.2, 0) is 0 Å². The predicted molar refractivity (Wildman–Crippen MR) is 86.2 cm³/mol. The molecule has 114 valence electrons. The fraction of sp³-hybridized carbons (Fsp3) is 0.0588. The maximum atomic E-state index is 12.0. The van der Waals surface area contributed by atoms with Crippen LogP contribution in [0.15, 0.2) is 61.3 Å². The second-order valence-electron chi connectivity index (χ2n) is 4.75. The molecule has 0 aliphatic heterocycles. The van der Waals surface area contributed by atoms with E-state index in [0.29, 0.717) is 11.4 Å². The molecule has 0 unspecified atom stereocenters. The summed E-state index contributed by atoms with van der Waals surface area (Å²) in [4.78, 5) is 23.9. The number of amides is 1. The molecule has 0 fully saturated rings. The number of ether oxygens (including phenoxy) is 1. The number of pyridine rings is 1. The third-order valence-electron chi connectivity index (χ3n) is 3.23. The zero-order valence-corrected chi connectivity index (χ0v) is 12.4. The van der Waals surface area contributed by atoms with Crippen LogP contribution < -0.4 is 10.1 Å². The first kappa shape index (κ1) is 14.6. The molecule has 1 N–H and O–H groups in total. The van der Waals surface area contributed by atoms with Gasteiger partial charge >= 0.3 is 0 Å². The monoisotopic (exact) mass is 306 g/mol. The van der Waals surface area contributed by atoms with Gasteiger partial charge in [0.2, 0.25) is 0 Å². The van der Waals surface area contributed by atoms with Crippen LogP contribution in [0.1, 0.15) is 10.4 Å². The standard InChI is InChI=1S/C17H14N4O2/c1-23-15-4-2-3-12(7-15)13-5-6-16(20-10-13)21-17(22)14-8-18-11-19-9-14/h2-11H,1H3,(H,20,21,22). The maximum absolute atomic E-state index is 12.0. The molecule has 0 aliphatic rings. The fourth-order valence-electron chi connectivity index (χ4n) is 2.05.